The zero-order valence-corrected chi connectivity index (χ0v) is 10.3. The fourth-order valence-electron chi connectivity index (χ4n) is 1.64. The summed E-state index contributed by atoms with van der Waals surface area (Å²) >= 11 is 0. The van der Waals surface area contributed by atoms with Crippen LogP contribution in [0.4, 0.5) is 4.79 Å². The summed E-state index contributed by atoms with van der Waals surface area (Å²) in [4.78, 5) is 16.1. The molecule has 90 valence electrons. The second-order valence-electron chi connectivity index (χ2n) is 4.53. The summed E-state index contributed by atoms with van der Waals surface area (Å²) in [6.07, 6.45) is 1.15. The first-order chi connectivity index (χ1) is 8.09. The SMILES string of the molecule is Cc1cccc2c1ncn2C(=O)OCC(C)C. The highest BCUT2D eigenvalue weighted by atomic mass is 16.5. The third-order valence-electron chi connectivity index (χ3n) is 2.52. The summed E-state index contributed by atoms with van der Waals surface area (Å²) in [7, 11) is 0. The predicted octanol–water partition coefficient (Wildman–Crippen LogP) is 2.99. The van der Waals surface area contributed by atoms with E-state index in [1.165, 1.54) is 10.9 Å². The third-order valence-corrected chi connectivity index (χ3v) is 2.52. The van der Waals surface area contributed by atoms with Gasteiger partial charge >= 0.3 is 6.09 Å². The molecule has 17 heavy (non-hydrogen) atoms. The number of aromatic nitrogens is 2. The summed E-state index contributed by atoms with van der Waals surface area (Å²) in [6, 6.07) is 5.75. The second-order valence-corrected chi connectivity index (χ2v) is 4.53. The van der Waals surface area contributed by atoms with E-state index >= 15 is 0 Å². The molecule has 2 aromatic rings. The van der Waals surface area contributed by atoms with Crippen molar-refractivity contribution in [1.82, 2.24) is 9.55 Å². The van der Waals surface area contributed by atoms with Crippen molar-refractivity contribution in [3.63, 3.8) is 0 Å². The molecule has 0 aliphatic rings. The van der Waals surface area contributed by atoms with Crippen molar-refractivity contribution >= 4 is 17.1 Å². The Kier molecular flexibility index (Phi) is 3.13. The van der Waals surface area contributed by atoms with E-state index in [1.807, 2.05) is 39.0 Å². The summed E-state index contributed by atoms with van der Waals surface area (Å²) in [6.45, 7) is 6.40. The van der Waals surface area contributed by atoms with E-state index in [0.717, 1.165) is 16.6 Å². The number of carbonyl (C=O) groups is 1. The molecule has 4 heteroatoms. The number of rotatable bonds is 2. The Morgan fingerprint density at radius 3 is 2.94 bits per heavy atom. The summed E-state index contributed by atoms with van der Waals surface area (Å²) < 4.78 is 6.63. The number of ether oxygens (including phenoxy) is 1. The van der Waals surface area contributed by atoms with Gasteiger partial charge in [0.2, 0.25) is 0 Å². The molecule has 0 aliphatic heterocycles. The van der Waals surface area contributed by atoms with Crippen LogP contribution in [-0.4, -0.2) is 22.3 Å². The van der Waals surface area contributed by atoms with Crippen LogP contribution in [0.3, 0.4) is 0 Å². The molecule has 0 unspecified atom stereocenters. The normalized spacial score (nSPS) is 11.1. The van der Waals surface area contributed by atoms with Crippen LogP contribution in [0.1, 0.15) is 19.4 Å². The highest BCUT2D eigenvalue weighted by Gasteiger charge is 2.12. The number of benzene rings is 1. The van der Waals surface area contributed by atoms with Crippen LogP contribution in [0.2, 0.25) is 0 Å². The van der Waals surface area contributed by atoms with Crippen LogP contribution >= 0.6 is 0 Å². The number of hydrogen-bond acceptors (Lipinski definition) is 3. The number of hydrogen-bond donors (Lipinski definition) is 0. The molecule has 0 N–H and O–H groups in total. The van der Waals surface area contributed by atoms with Crippen molar-refractivity contribution in [3.8, 4) is 0 Å². The summed E-state index contributed by atoms with van der Waals surface area (Å²) in [5, 5.41) is 0. The van der Waals surface area contributed by atoms with Crippen LogP contribution in [0.15, 0.2) is 24.5 Å². The van der Waals surface area contributed by atoms with E-state index in [1.54, 1.807) is 0 Å². The molecule has 0 radical (unpaired) electrons. The van der Waals surface area contributed by atoms with E-state index < -0.39 is 0 Å². The fourth-order valence-corrected chi connectivity index (χ4v) is 1.64. The van der Waals surface area contributed by atoms with E-state index in [2.05, 4.69) is 4.98 Å². The van der Waals surface area contributed by atoms with Gasteiger partial charge in [0.25, 0.3) is 0 Å². The molecule has 1 aromatic carbocycles. The van der Waals surface area contributed by atoms with E-state index in [4.69, 9.17) is 4.74 Å². The Bertz CT molecular complexity index is 543. The predicted molar refractivity (Wildman–Crippen MR) is 66.1 cm³/mol. The van der Waals surface area contributed by atoms with Gasteiger partial charge in [-0.15, -0.1) is 0 Å². The summed E-state index contributed by atoms with van der Waals surface area (Å²) in [5.74, 6) is 0.329. The topological polar surface area (TPSA) is 44.1 Å². The molecule has 0 saturated heterocycles. The molecular weight excluding hydrogens is 216 g/mol. The number of aryl methyl sites for hydroxylation is 1. The molecule has 0 atom stereocenters. The van der Waals surface area contributed by atoms with Gasteiger partial charge in [-0.25, -0.2) is 14.3 Å². The molecule has 0 aliphatic carbocycles. The van der Waals surface area contributed by atoms with Crippen LogP contribution in [0.25, 0.3) is 11.0 Å². The van der Waals surface area contributed by atoms with Gasteiger partial charge in [0.05, 0.1) is 17.6 Å². The molecule has 1 aromatic heterocycles. The zero-order valence-electron chi connectivity index (χ0n) is 10.3. The number of para-hydroxylation sites is 1. The molecule has 0 amide bonds. The highest BCUT2D eigenvalue weighted by molar-refractivity contribution is 5.88. The lowest BCUT2D eigenvalue weighted by Crippen LogP contribution is -2.15. The average molecular weight is 232 g/mol. The molecule has 4 nitrogen and oxygen atoms in total. The molecule has 0 bridgehead atoms. The average Bonchev–Trinajstić information content (AvgIpc) is 2.71. The minimum Gasteiger partial charge on any atom is -0.449 e. The Morgan fingerprint density at radius 1 is 1.47 bits per heavy atom. The Labute approximate surface area is 100 Å². The lowest BCUT2D eigenvalue weighted by molar-refractivity contribution is 0.135. The quantitative estimate of drug-likeness (QED) is 0.799. The van der Waals surface area contributed by atoms with Crippen molar-refractivity contribution in [2.75, 3.05) is 6.61 Å². The Balaban J connectivity index is 2.30. The highest BCUT2D eigenvalue weighted by Crippen LogP contribution is 2.16. The third kappa shape index (κ3) is 2.30. The number of carbonyl (C=O) groups excluding carboxylic acids is 1. The van der Waals surface area contributed by atoms with Crippen LogP contribution in [0.5, 0.6) is 0 Å². The molecule has 0 fully saturated rings. The number of fused-ring (bicyclic) bond motifs is 1. The smallest absolute Gasteiger partial charge is 0.419 e. The molecule has 2 rings (SSSR count). The Hall–Kier alpha value is -1.84. The van der Waals surface area contributed by atoms with Crippen LogP contribution in [0, 0.1) is 12.8 Å². The lowest BCUT2D eigenvalue weighted by atomic mass is 10.2. The maximum Gasteiger partial charge on any atom is 0.419 e. The van der Waals surface area contributed by atoms with Crippen molar-refractivity contribution in [2.24, 2.45) is 5.92 Å². The molecule has 1 heterocycles. The van der Waals surface area contributed by atoms with Gasteiger partial charge in [-0.2, -0.15) is 0 Å². The molecular formula is C13H16N2O2. The van der Waals surface area contributed by atoms with Crippen molar-refractivity contribution < 1.29 is 9.53 Å². The number of imidazole rings is 1. The maximum atomic E-state index is 11.8. The monoisotopic (exact) mass is 232 g/mol. The van der Waals surface area contributed by atoms with E-state index in [9.17, 15) is 4.79 Å². The van der Waals surface area contributed by atoms with Gasteiger partial charge < -0.3 is 4.74 Å². The van der Waals surface area contributed by atoms with E-state index in [-0.39, 0.29) is 6.09 Å². The first kappa shape index (κ1) is 11.6. The second kappa shape index (κ2) is 4.57. The fraction of sp³-hybridized carbons (Fsp3) is 0.385. The van der Waals surface area contributed by atoms with E-state index in [0.29, 0.717) is 12.5 Å². The van der Waals surface area contributed by atoms with Crippen molar-refractivity contribution in [2.45, 2.75) is 20.8 Å². The van der Waals surface area contributed by atoms with Crippen LogP contribution in [-0.2, 0) is 4.74 Å². The lowest BCUT2D eigenvalue weighted by Gasteiger charge is -2.07. The van der Waals surface area contributed by atoms with Gasteiger partial charge in [-0.3, -0.25) is 0 Å². The Morgan fingerprint density at radius 2 is 2.24 bits per heavy atom. The number of nitrogens with zero attached hydrogens (tertiary/aromatic N) is 2. The van der Waals surface area contributed by atoms with Gasteiger partial charge in [-0.1, -0.05) is 26.0 Å². The standard InChI is InChI=1S/C13H16N2O2/c1-9(2)7-17-13(16)15-8-14-12-10(3)5-4-6-11(12)15/h4-6,8-9H,7H2,1-3H3. The maximum absolute atomic E-state index is 11.8. The minimum absolute atomic E-state index is 0.329. The van der Waals surface area contributed by atoms with Crippen molar-refractivity contribution in [3.05, 3.63) is 30.1 Å². The molecule has 0 saturated carbocycles. The van der Waals surface area contributed by atoms with Gasteiger partial charge in [-0.05, 0) is 24.5 Å². The minimum atomic E-state index is -0.369. The van der Waals surface area contributed by atoms with Gasteiger partial charge in [0.1, 0.15) is 6.33 Å². The van der Waals surface area contributed by atoms with Gasteiger partial charge in [0.15, 0.2) is 0 Å². The molecule has 0 spiro atoms. The van der Waals surface area contributed by atoms with Crippen LogP contribution < -0.4 is 0 Å². The van der Waals surface area contributed by atoms with Crippen molar-refractivity contribution in [1.29, 1.82) is 0 Å². The first-order valence-electron chi connectivity index (χ1n) is 5.69. The summed E-state index contributed by atoms with van der Waals surface area (Å²) in [5.41, 5.74) is 2.69. The van der Waals surface area contributed by atoms with Gasteiger partial charge in [0, 0.05) is 0 Å². The zero-order chi connectivity index (χ0) is 12.4. The first-order valence-corrected chi connectivity index (χ1v) is 5.69. The largest absolute Gasteiger partial charge is 0.449 e.